The Hall–Kier alpha value is -0.490. The summed E-state index contributed by atoms with van der Waals surface area (Å²) in [4.78, 5) is 9.82. The lowest BCUT2D eigenvalue weighted by Gasteiger charge is -2.13. The van der Waals surface area contributed by atoms with E-state index < -0.39 is 18.3 Å². The molecule has 0 saturated heterocycles. The second-order valence-corrected chi connectivity index (χ2v) is 2.25. The third-order valence-electron chi connectivity index (χ3n) is 1.20. The first-order chi connectivity index (χ1) is 4.57. The lowest BCUT2D eigenvalue weighted by atomic mass is 10.1. The maximum absolute atomic E-state index is 9.82. The van der Waals surface area contributed by atoms with Crippen LogP contribution in [0.3, 0.4) is 0 Å². The summed E-state index contributed by atoms with van der Waals surface area (Å²) in [6, 6.07) is 0. The molecule has 6 N–H and O–H groups in total. The molecule has 5 nitrogen and oxygen atoms in total. The maximum Gasteiger partial charge on any atom is 0.148 e. The van der Waals surface area contributed by atoms with Crippen LogP contribution in [0.1, 0.15) is 13.3 Å². The second kappa shape index (κ2) is 6.23. The Morgan fingerprint density at radius 2 is 1.82 bits per heavy atom. The highest BCUT2D eigenvalue weighted by atomic mass is 16.3. The Kier molecular flexibility index (Phi) is 7.44. The Bertz CT molecular complexity index is 107. The van der Waals surface area contributed by atoms with Gasteiger partial charge in [0, 0.05) is 6.42 Å². The number of rotatable bonds is 4. The molecule has 0 aromatic heterocycles. The average Bonchev–Trinajstić information content (AvgIpc) is 1.87. The Morgan fingerprint density at radius 1 is 1.36 bits per heavy atom. The lowest BCUT2D eigenvalue weighted by molar-refractivity contribution is -0.117. The minimum Gasteiger partial charge on any atom is -0.391 e. The van der Waals surface area contributed by atoms with Gasteiger partial charge < -0.3 is 26.3 Å². The highest BCUT2D eigenvalue weighted by Crippen LogP contribution is 2.00. The smallest absolute Gasteiger partial charge is 0.148 e. The number of aliphatic hydroxyl groups excluding tert-OH is 3. The highest BCUT2D eigenvalue weighted by Gasteiger charge is 2.14. The molecule has 0 rings (SSSR count). The van der Waals surface area contributed by atoms with Crippen molar-refractivity contribution in [1.82, 2.24) is 6.15 Å². The predicted molar refractivity (Wildman–Crippen MR) is 39.4 cm³/mol. The molecule has 0 saturated carbocycles. The maximum atomic E-state index is 9.82. The second-order valence-electron chi connectivity index (χ2n) is 2.25. The summed E-state index contributed by atoms with van der Waals surface area (Å²) in [6.07, 6.45) is -2.90. The van der Waals surface area contributed by atoms with Crippen molar-refractivity contribution in [2.45, 2.75) is 31.7 Å². The summed E-state index contributed by atoms with van der Waals surface area (Å²) >= 11 is 0. The van der Waals surface area contributed by atoms with Crippen molar-refractivity contribution in [2.75, 3.05) is 0 Å². The van der Waals surface area contributed by atoms with Crippen LogP contribution in [0, 0.1) is 0 Å². The zero-order chi connectivity index (χ0) is 8.15. The molecule has 11 heavy (non-hydrogen) atoms. The van der Waals surface area contributed by atoms with Gasteiger partial charge in [-0.1, -0.05) is 0 Å². The van der Waals surface area contributed by atoms with Crippen LogP contribution < -0.4 is 6.15 Å². The number of hydrogen-bond acceptors (Lipinski definition) is 5. The topological polar surface area (TPSA) is 113 Å². The molecule has 5 heteroatoms. The van der Waals surface area contributed by atoms with Crippen LogP contribution in [-0.4, -0.2) is 39.9 Å². The molecule has 3 atom stereocenters. The molecular formula is C6H15NO4. The van der Waals surface area contributed by atoms with E-state index in [2.05, 4.69) is 0 Å². The number of aldehydes is 1. The van der Waals surface area contributed by atoms with E-state index >= 15 is 0 Å². The van der Waals surface area contributed by atoms with Gasteiger partial charge in [-0.3, -0.25) is 0 Å². The van der Waals surface area contributed by atoms with E-state index in [0.717, 1.165) is 0 Å². The fraction of sp³-hybridized carbons (Fsp3) is 0.833. The summed E-state index contributed by atoms with van der Waals surface area (Å²) in [7, 11) is 0. The van der Waals surface area contributed by atoms with Gasteiger partial charge in [-0.2, -0.15) is 0 Å². The molecular weight excluding hydrogens is 150 g/mol. The molecule has 68 valence electrons. The number of aliphatic hydroxyl groups is 3. The third kappa shape index (κ3) is 5.93. The minimum absolute atomic E-state index is 0. The normalized spacial score (nSPS) is 17.8. The molecule has 0 aliphatic rings. The summed E-state index contributed by atoms with van der Waals surface area (Å²) in [6.45, 7) is 1.39. The Morgan fingerprint density at radius 3 is 2.09 bits per heavy atom. The van der Waals surface area contributed by atoms with Crippen molar-refractivity contribution < 1.29 is 20.1 Å². The molecule has 0 fully saturated rings. The van der Waals surface area contributed by atoms with E-state index in [0.29, 0.717) is 6.29 Å². The molecule has 0 spiro atoms. The average molecular weight is 165 g/mol. The zero-order valence-corrected chi connectivity index (χ0v) is 6.47. The molecule has 0 unspecified atom stereocenters. The van der Waals surface area contributed by atoms with Crippen LogP contribution in [0.15, 0.2) is 0 Å². The lowest BCUT2D eigenvalue weighted by Crippen LogP contribution is -2.28. The van der Waals surface area contributed by atoms with Gasteiger partial charge in [0.15, 0.2) is 0 Å². The fourth-order valence-electron chi connectivity index (χ4n) is 0.500. The minimum atomic E-state index is -1.18. The van der Waals surface area contributed by atoms with Gasteiger partial charge in [0.1, 0.15) is 12.4 Å². The molecule has 0 aliphatic heterocycles. The van der Waals surface area contributed by atoms with Crippen LogP contribution in [-0.2, 0) is 4.79 Å². The predicted octanol–water partition coefficient (Wildman–Crippen LogP) is -1.16. The number of hydrogen-bond donors (Lipinski definition) is 4. The van der Waals surface area contributed by atoms with Crippen molar-refractivity contribution in [1.29, 1.82) is 0 Å². The first-order valence-corrected chi connectivity index (χ1v) is 3.07. The summed E-state index contributed by atoms with van der Waals surface area (Å²) in [5.74, 6) is 0. The first-order valence-electron chi connectivity index (χ1n) is 3.07. The van der Waals surface area contributed by atoms with Crippen molar-refractivity contribution >= 4 is 6.29 Å². The van der Waals surface area contributed by atoms with E-state index in [9.17, 15) is 4.79 Å². The number of carbonyl (C=O) groups is 1. The fourth-order valence-corrected chi connectivity index (χ4v) is 0.500. The molecule has 0 radical (unpaired) electrons. The van der Waals surface area contributed by atoms with Crippen molar-refractivity contribution in [2.24, 2.45) is 0 Å². The van der Waals surface area contributed by atoms with Gasteiger partial charge in [0.2, 0.25) is 0 Å². The summed E-state index contributed by atoms with van der Waals surface area (Å²) in [5.41, 5.74) is 0. The standard InChI is InChI=1S/C6H12O4.H3N/c1-4(8)6(10)2-5(9)3-7;/h3-6,8-10H,2H2,1H3;1H3/t4-,5+,6+;/m1./s1. The van der Waals surface area contributed by atoms with Gasteiger partial charge in [0.25, 0.3) is 0 Å². The van der Waals surface area contributed by atoms with Gasteiger partial charge in [-0.25, -0.2) is 0 Å². The number of carbonyl (C=O) groups excluding carboxylic acids is 1. The van der Waals surface area contributed by atoms with Gasteiger partial charge in [-0.05, 0) is 6.92 Å². The quantitative estimate of drug-likeness (QED) is 0.392. The van der Waals surface area contributed by atoms with Crippen LogP contribution in [0.2, 0.25) is 0 Å². The van der Waals surface area contributed by atoms with E-state index in [1.165, 1.54) is 6.92 Å². The van der Waals surface area contributed by atoms with Crippen molar-refractivity contribution in [3.63, 3.8) is 0 Å². The zero-order valence-electron chi connectivity index (χ0n) is 6.47. The van der Waals surface area contributed by atoms with Crippen LogP contribution in [0.4, 0.5) is 0 Å². The molecule has 0 amide bonds. The van der Waals surface area contributed by atoms with Crippen LogP contribution >= 0.6 is 0 Å². The Labute approximate surface area is 65.2 Å². The SMILES string of the molecule is C[C@@H](O)[C@@H](O)C[C@H](O)C=O.N. The first kappa shape index (κ1) is 13.1. The van der Waals surface area contributed by atoms with Crippen LogP contribution in [0.5, 0.6) is 0 Å². The van der Waals surface area contributed by atoms with E-state index in [-0.39, 0.29) is 12.6 Å². The molecule has 0 aromatic rings. The van der Waals surface area contributed by atoms with Gasteiger partial charge in [-0.15, -0.1) is 0 Å². The van der Waals surface area contributed by atoms with Crippen LogP contribution in [0.25, 0.3) is 0 Å². The van der Waals surface area contributed by atoms with Gasteiger partial charge in [0.05, 0.1) is 12.2 Å². The van der Waals surface area contributed by atoms with E-state index in [4.69, 9.17) is 15.3 Å². The van der Waals surface area contributed by atoms with Crippen molar-refractivity contribution in [3.05, 3.63) is 0 Å². The summed E-state index contributed by atoms with van der Waals surface area (Å²) < 4.78 is 0. The highest BCUT2D eigenvalue weighted by molar-refractivity contribution is 5.55. The largest absolute Gasteiger partial charge is 0.391 e. The molecule has 0 bridgehead atoms. The molecule has 0 aromatic carbocycles. The van der Waals surface area contributed by atoms with E-state index in [1.807, 2.05) is 0 Å². The monoisotopic (exact) mass is 165 g/mol. The molecule has 0 aliphatic carbocycles. The Balaban J connectivity index is 0. The molecule has 0 heterocycles. The summed E-state index contributed by atoms with van der Waals surface area (Å²) in [5, 5.41) is 26.2. The van der Waals surface area contributed by atoms with E-state index in [1.54, 1.807) is 0 Å². The van der Waals surface area contributed by atoms with Gasteiger partial charge >= 0.3 is 0 Å². The third-order valence-corrected chi connectivity index (χ3v) is 1.20. The van der Waals surface area contributed by atoms with Crippen molar-refractivity contribution in [3.8, 4) is 0 Å².